The number of hydrogen-bond donors (Lipinski definition) is 1. The second kappa shape index (κ2) is 11.3. The van der Waals surface area contributed by atoms with Crippen LogP contribution in [0.2, 0.25) is 0 Å². The van der Waals surface area contributed by atoms with E-state index in [1.165, 1.54) is 28.4 Å². The molecule has 0 fully saturated rings. The van der Waals surface area contributed by atoms with Crippen LogP contribution in [0.4, 0.5) is 0 Å². The van der Waals surface area contributed by atoms with Gasteiger partial charge in [-0.25, -0.2) is 0 Å². The number of carbonyl (C=O) groups excluding carboxylic acids is 1. The Morgan fingerprint density at radius 3 is 1.97 bits per heavy atom. The highest BCUT2D eigenvalue weighted by atomic mass is 16.6. The van der Waals surface area contributed by atoms with Crippen molar-refractivity contribution in [2.75, 3.05) is 35.5 Å². The molecule has 1 aliphatic rings. The average molecular weight is 503 g/mol. The summed E-state index contributed by atoms with van der Waals surface area (Å²) in [5.74, 6) is 1.37. The number of aliphatic hydroxyl groups is 1. The average Bonchev–Trinajstić information content (AvgIpc) is 2.89. The van der Waals surface area contributed by atoms with Crippen LogP contribution in [0.3, 0.4) is 0 Å². The Labute approximate surface area is 213 Å². The molecule has 4 atom stereocenters. The zero-order chi connectivity index (χ0) is 26.7. The quantitative estimate of drug-likeness (QED) is 0.389. The van der Waals surface area contributed by atoms with Crippen LogP contribution in [0.15, 0.2) is 12.1 Å². The van der Waals surface area contributed by atoms with E-state index < -0.39 is 12.1 Å². The lowest BCUT2D eigenvalue weighted by Crippen LogP contribution is -2.24. The molecule has 1 aliphatic carbocycles. The first-order chi connectivity index (χ1) is 17.2. The fourth-order valence-electron chi connectivity index (χ4n) is 4.71. The van der Waals surface area contributed by atoms with Crippen molar-refractivity contribution in [1.82, 2.24) is 0 Å². The summed E-state index contributed by atoms with van der Waals surface area (Å²) in [5, 5.41) is 11.5. The molecule has 8 nitrogen and oxygen atoms in total. The van der Waals surface area contributed by atoms with Crippen molar-refractivity contribution in [3.05, 3.63) is 23.3 Å². The number of esters is 1. The monoisotopic (exact) mass is 502 g/mol. The first kappa shape index (κ1) is 27.5. The summed E-state index contributed by atoms with van der Waals surface area (Å²) >= 11 is 0. The van der Waals surface area contributed by atoms with Crippen molar-refractivity contribution in [1.29, 1.82) is 0 Å². The van der Waals surface area contributed by atoms with Crippen LogP contribution in [-0.2, 0) is 11.2 Å². The summed E-state index contributed by atoms with van der Waals surface area (Å²) in [7, 11) is 7.63. The first-order valence-corrected chi connectivity index (χ1v) is 12.2. The van der Waals surface area contributed by atoms with Crippen LogP contribution >= 0.6 is 0 Å². The normalized spacial score (nSPS) is 19.7. The number of fused-ring (bicyclic) bond motifs is 3. The van der Waals surface area contributed by atoms with Gasteiger partial charge in [-0.15, -0.1) is 0 Å². The summed E-state index contributed by atoms with van der Waals surface area (Å²) < 4.78 is 34.6. The molecule has 8 heteroatoms. The fourth-order valence-corrected chi connectivity index (χ4v) is 4.71. The summed E-state index contributed by atoms with van der Waals surface area (Å²) in [4.78, 5) is 13.1. The number of rotatable bonds is 8. The van der Waals surface area contributed by atoms with Gasteiger partial charge >= 0.3 is 5.97 Å². The van der Waals surface area contributed by atoms with E-state index in [1.807, 2.05) is 26.8 Å². The minimum Gasteiger partial charge on any atom is -0.493 e. The molecule has 0 bridgehead atoms. The highest BCUT2D eigenvalue weighted by Crippen LogP contribution is 2.57. The number of aliphatic hydroxyl groups excluding tert-OH is 1. The van der Waals surface area contributed by atoms with Gasteiger partial charge < -0.3 is 33.5 Å². The molecule has 0 spiro atoms. The lowest BCUT2D eigenvalue weighted by molar-refractivity contribution is -0.138. The maximum absolute atomic E-state index is 13.1. The number of benzene rings is 2. The minimum absolute atomic E-state index is 0.0854. The van der Waals surface area contributed by atoms with E-state index in [4.69, 9.17) is 28.4 Å². The van der Waals surface area contributed by atoms with Gasteiger partial charge in [0.05, 0.1) is 47.6 Å². The molecular weight excluding hydrogens is 464 g/mol. The third kappa shape index (κ3) is 4.66. The molecule has 0 saturated heterocycles. The number of methoxy groups -OCH3 is 5. The van der Waals surface area contributed by atoms with Gasteiger partial charge in [-0.2, -0.15) is 0 Å². The van der Waals surface area contributed by atoms with Gasteiger partial charge in [0.2, 0.25) is 11.5 Å². The molecule has 36 heavy (non-hydrogen) atoms. The summed E-state index contributed by atoms with van der Waals surface area (Å²) in [5.41, 5.74) is 2.61. The molecule has 0 amide bonds. The van der Waals surface area contributed by atoms with Gasteiger partial charge in [0.15, 0.2) is 23.0 Å². The van der Waals surface area contributed by atoms with Crippen LogP contribution in [0, 0.1) is 17.8 Å². The van der Waals surface area contributed by atoms with Gasteiger partial charge in [-0.1, -0.05) is 27.7 Å². The fraction of sp³-hybridized carbons (Fsp3) is 0.536. The molecule has 0 radical (unpaired) electrons. The minimum atomic E-state index is -0.844. The van der Waals surface area contributed by atoms with E-state index in [2.05, 4.69) is 6.92 Å². The number of hydrogen-bond acceptors (Lipinski definition) is 8. The van der Waals surface area contributed by atoms with E-state index >= 15 is 0 Å². The molecule has 4 unspecified atom stereocenters. The van der Waals surface area contributed by atoms with E-state index in [0.29, 0.717) is 52.5 Å². The Morgan fingerprint density at radius 1 is 0.889 bits per heavy atom. The maximum Gasteiger partial charge on any atom is 0.314 e. The van der Waals surface area contributed by atoms with Crippen molar-refractivity contribution < 1.29 is 38.3 Å². The second-order valence-electron chi connectivity index (χ2n) is 9.30. The van der Waals surface area contributed by atoms with E-state index in [0.717, 1.165) is 5.56 Å². The molecule has 0 aliphatic heterocycles. The maximum atomic E-state index is 13.1. The van der Waals surface area contributed by atoms with Crippen molar-refractivity contribution >= 4 is 5.97 Å². The van der Waals surface area contributed by atoms with Crippen LogP contribution in [0.1, 0.15) is 51.3 Å². The van der Waals surface area contributed by atoms with E-state index in [9.17, 15) is 9.90 Å². The molecular formula is C28H38O8. The molecule has 3 rings (SSSR count). The highest BCUT2D eigenvalue weighted by molar-refractivity contribution is 5.91. The van der Waals surface area contributed by atoms with Crippen LogP contribution in [-0.4, -0.2) is 46.6 Å². The van der Waals surface area contributed by atoms with Gasteiger partial charge in [0.1, 0.15) is 0 Å². The molecule has 2 aromatic carbocycles. The Bertz CT molecular complexity index is 1110. The Balaban J connectivity index is 2.55. The smallest absolute Gasteiger partial charge is 0.314 e. The standard InChI is InChI=1S/C28H38O8/c1-10-14(2)28(30)36-27-21-17(12-19(31-5)25(27)34-8)11-15(3)16(4)23(29)18-13-20(32-6)24(33-7)26(35-9)22(18)21/h12-16,23,29H,10-11H2,1-9H3. The second-order valence-corrected chi connectivity index (χ2v) is 9.30. The van der Waals surface area contributed by atoms with Gasteiger partial charge in [-0.3, -0.25) is 4.79 Å². The molecule has 0 aromatic heterocycles. The molecule has 198 valence electrons. The summed E-state index contributed by atoms with van der Waals surface area (Å²) in [6.07, 6.45) is 0.368. The third-order valence-corrected chi connectivity index (χ3v) is 7.29. The lowest BCUT2D eigenvalue weighted by atomic mass is 9.76. The van der Waals surface area contributed by atoms with Crippen molar-refractivity contribution in [3.63, 3.8) is 0 Å². The summed E-state index contributed by atoms with van der Waals surface area (Å²) in [6, 6.07) is 3.66. The van der Waals surface area contributed by atoms with Crippen LogP contribution in [0.5, 0.6) is 34.5 Å². The number of carbonyl (C=O) groups is 1. The Kier molecular flexibility index (Phi) is 8.61. The largest absolute Gasteiger partial charge is 0.493 e. The molecule has 1 N–H and O–H groups in total. The SMILES string of the molecule is CCC(C)C(=O)Oc1c(OC)c(OC)cc2c1-c1c(cc(OC)c(OC)c1OC)C(O)C(C)C(C)C2. The first-order valence-electron chi connectivity index (χ1n) is 12.2. The van der Waals surface area contributed by atoms with Gasteiger partial charge in [0.25, 0.3) is 0 Å². The lowest BCUT2D eigenvalue weighted by Gasteiger charge is -2.33. The third-order valence-electron chi connectivity index (χ3n) is 7.29. The molecule has 2 aromatic rings. The Morgan fingerprint density at radius 2 is 1.44 bits per heavy atom. The van der Waals surface area contributed by atoms with E-state index in [-0.39, 0.29) is 29.3 Å². The predicted molar refractivity (Wildman–Crippen MR) is 137 cm³/mol. The van der Waals surface area contributed by atoms with Crippen molar-refractivity contribution in [2.45, 2.75) is 46.6 Å². The predicted octanol–water partition coefficient (Wildman–Crippen LogP) is 5.21. The highest BCUT2D eigenvalue weighted by Gasteiger charge is 2.37. The zero-order valence-electron chi connectivity index (χ0n) is 22.7. The van der Waals surface area contributed by atoms with Crippen molar-refractivity contribution in [2.24, 2.45) is 17.8 Å². The Hall–Kier alpha value is -3.13. The topological polar surface area (TPSA) is 92.7 Å². The van der Waals surface area contributed by atoms with Crippen LogP contribution in [0.25, 0.3) is 11.1 Å². The van der Waals surface area contributed by atoms with Gasteiger partial charge in [-0.05, 0) is 47.9 Å². The molecule has 0 saturated carbocycles. The van der Waals surface area contributed by atoms with Crippen LogP contribution < -0.4 is 28.4 Å². The zero-order valence-corrected chi connectivity index (χ0v) is 22.7. The summed E-state index contributed by atoms with van der Waals surface area (Å²) in [6.45, 7) is 7.84. The van der Waals surface area contributed by atoms with Gasteiger partial charge in [0, 0.05) is 11.1 Å². The van der Waals surface area contributed by atoms with E-state index in [1.54, 1.807) is 13.2 Å². The molecule has 0 heterocycles. The van der Waals surface area contributed by atoms with Crippen molar-refractivity contribution in [3.8, 4) is 45.6 Å². The number of ether oxygens (including phenoxy) is 6.